The van der Waals surface area contributed by atoms with E-state index in [-0.39, 0.29) is 0 Å². The molecule has 0 amide bonds. The fourth-order valence-corrected chi connectivity index (χ4v) is 3.05. The van der Waals surface area contributed by atoms with Crippen molar-refractivity contribution in [2.24, 2.45) is 0 Å². The molecule has 14 heavy (non-hydrogen) atoms. The van der Waals surface area contributed by atoms with Crippen LogP contribution in [0.3, 0.4) is 0 Å². The first-order valence-corrected chi connectivity index (χ1v) is 5.87. The SMILES string of the molecule is OB(O)c1cc(Cl)c(Br)c2sccc12. The molecule has 6 heteroatoms. The third kappa shape index (κ3) is 1.59. The highest BCUT2D eigenvalue weighted by Crippen LogP contribution is 2.33. The highest BCUT2D eigenvalue weighted by atomic mass is 79.9. The predicted molar refractivity (Wildman–Crippen MR) is 64.4 cm³/mol. The van der Waals surface area contributed by atoms with Gasteiger partial charge >= 0.3 is 7.12 Å². The van der Waals surface area contributed by atoms with E-state index in [9.17, 15) is 0 Å². The van der Waals surface area contributed by atoms with E-state index >= 15 is 0 Å². The molecule has 1 heterocycles. The smallest absolute Gasteiger partial charge is 0.423 e. The molecule has 0 spiro atoms. The lowest BCUT2D eigenvalue weighted by molar-refractivity contribution is 0.426. The molecule has 72 valence electrons. The number of fused-ring (bicyclic) bond motifs is 1. The Hall–Kier alpha value is -0.0651. The van der Waals surface area contributed by atoms with Gasteiger partial charge < -0.3 is 10.0 Å². The summed E-state index contributed by atoms with van der Waals surface area (Å²) in [5, 5.41) is 21.5. The van der Waals surface area contributed by atoms with E-state index in [0.717, 1.165) is 14.6 Å². The van der Waals surface area contributed by atoms with Crippen molar-refractivity contribution in [3.63, 3.8) is 0 Å². The molecule has 0 atom stereocenters. The summed E-state index contributed by atoms with van der Waals surface area (Å²) in [6.45, 7) is 0. The summed E-state index contributed by atoms with van der Waals surface area (Å²) >= 11 is 10.8. The Kier molecular flexibility index (Phi) is 2.86. The lowest BCUT2D eigenvalue weighted by atomic mass is 9.78. The van der Waals surface area contributed by atoms with Gasteiger partial charge in [-0.3, -0.25) is 0 Å². The topological polar surface area (TPSA) is 40.5 Å². The maximum Gasteiger partial charge on any atom is 0.489 e. The average molecular weight is 291 g/mol. The highest BCUT2D eigenvalue weighted by Gasteiger charge is 2.18. The molecule has 2 nitrogen and oxygen atoms in total. The van der Waals surface area contributed by atoms with Crippen molar-refractivity contribution in [1.82, 2.24) is 0 Å². The van der Waals surface area contributed by atoms with Crippen molar-refractivity contribution in [1.29, 1.82) is 0 Å². The van der Waals surface area contributed by atoms with Gasteiger partial charge in [0.15, 0.2) is 0 Å². The Morgan fingerprint density at radius 1 is 1.43 bits per heavy atom. The molecule has 2 rings (SSSR count). The zero-order chi connectivity index (χ0) is 10.3. The summed E-state index contributed by atoms with van der Waals surface area (Å²) in [6.07, 6.45) is 0. The Balaban J connectivity index is 2.84. The molecule has 1 aromatic heterocycles. The summed E-state index contributed by atoms with van der Waals surface area (Å²) in [4.78, 5) is 0. The molecule has 0 radical (unpaired) electrons. The maximum absolute atomic E-state index is 9.14. The van der Waals surface area contributed by atoms with Crippen LogP contribution in [0.25, 0.3) is 10.1 Å². The van der Waals surface area contributed by atoms with E-state index in [2.05, 4.69) is 15.9 Å². The van der Waals surface area contributed by atoms with Gasteiger partial charge in [-0.15, -0.1) is 11.3 Å². The minimum Gasteiger partial charge on any atom is -0.423 e. The van der Waals surface area contributed by atoms with Gasteiger partial charge in [-0.25, -0.2) is 0 Å². The van der Waals surface area contributed by atoms with E-state index < -0.39 is 7.12 Å². The predicted octanol–water partition coefficient (Wildman–Crippen LogP) is 2.00. The molecule has 0 fully saturated rings. The van der Waals surface area contributed by atoms with Crippen LogP contribution in [0, 0.1) is 0 Å². The van der Waals surface area contributed by atoms with Gasteiger partial charge in [0.1, 0.15) is 0 Å². The molecule has 0 saturated carbocycles. The van der Waals surface area contributed by atoms with Crippen LogP contribution in [0.5, 0.6) is 0 Å². The van der Waals surface area contributed by atoms with E-state index in [4.69, 9.17) is 21.6 Å². The van der Waals surface area contributed by atoms with Crippen molar-refractivity contribution >= 4 is 61.5 Å². The molecule has 0 bridgehead atoms. The second-order valence-electron chi connectivity index (χ2n) is 2.80. The second-order valence-corrected chi connectivity index (χ2v) is 4.91. The molecule has 0 aliphatic carbocycles. The molecule has 1 aromatic carbocycles. The standard InChI is InChI=1S/C8H5BBrClO2S/c10-7-6(11)3-5(9(12)13)4-1-2-14-8(4)7/h1-3,12-13H. The summed E-state index contributed by atoms with van der Waals surface area (Å²) in [5.74, 6) is 0. The van der Waals surface area contributed by atoms with Gasteiger partial charge in [-0.2, -0.15) is 0 Å². The first-order chi connectivity index (χ1) is 6.61. The van der Waals surface area contributed by atoms with E-state index in [1.165, 1.54) is 11.3 Å². The molecule has 0 aliphatic heterocycles. The summed E-state index contributed by atoms with van der Waals surface area (Å²) in [6, 6.07) is 3.40. The molecular weight excluding hydrogens is 286 g/mol. The fraction of sp³-hybridized carbons (Fsp3) is 0. The van der Waals surface area contributed by atoms with E-state index in [1.807, 2.05) is 11.4 Å². The number of hydrogen-bond acceptors (Lipinski definition) is 3. The third-order valence-corrected chi connectivity index (χ3v) is 4.49. The molecule has 0 unspecified atom stereocenters. The summed E-state index contributed by atoms with van der Waals surface area (Å²) in [7, 11) is -1.49. The molecular formula is C8H5BBrClO2S. The van der Waals surface area contributed by atoms with Crippen LogP contribution >= 0.6 is 38.9 Å². The van der Waals surface area contributed by atoms with Gasteiger partial charge in [0.2, 0.25) is 0 Å². The first-order valence-electron chi connectivity index (χ1n) is 3.82. The highest BCUT2D eigenvalue weighted by molar-refractivity contribution is 9.10. The third-order valence-electron chi connectivity index (χ3n) is 1.95. The number of halogens is 2. The van der Waals surface area contributed by atoms with Crippen molar-refractivity contribution in [2.45, 2.75) is 0 Å². The zero-order valence-corrected chi connectivity index (χ0v) is 10.0. The maximum atomic E-state index is 9.14. The summed E-state index contributed by atoms with van der Waals surface area (Å²) < 4.78 is 1.73. The normalized spacial score (nSPS) is 10.9. The van der Waals surface area contributed by atoms with Crippen LogP contribution in [-0.2, 0) is 0 Å². The summed E-state index contributed by atoms with van der Waals surface area (Å²) in [5.41, 5.74) is 0.439. The zero-order valence-electron chi connectivity index (χ0n) is 6.87. The van der Waals surface area contributed by atoms with Gasteiger partial charge in [-0.05, 0) is 44.3 Å². The average Bonchev–Trinajstić information content (AvgIpc) is 2.59. The van der Waals surface area contributed by atoms with Crippen LogP contribution in [0.1, 0.15) is 0 Å². The van der Waals surface area contributed by atoms with Gasteiger partial charge in [0.25, 0.3) is 0 Å². The van der Waals surface area contributed by atoms with Gasteiger partial charge in [0, 0.05) is 4.70 Å². The quantitative estimate of drug-likeness (QED) is 0.789. The molecule has 2 aromatic rings. The largest absolute Gasteiger partial charge is 0.489 e. The Morgan fingerprint density at radius 3 is 2.79 bits per heavy atom. The van der Waals surface area contributed by atoms with Crippen LogP contribution < -0.4 is 5.46 Å². The van der Waals surface area contributed by atoms with Gasteiger partial charge in [0.05, 0.1) is 9.50 Å². The Labute approximate surface area is 98.4 Å². The molecule has 0 saturated heterocycles. The van der Waals surface area contributed by atoms with Crippen molar-refractivity contribution < 1.29 is 10.0 Å². The van der Waals surface area contributed by atoms with E-state index in [0.29, 0.717) is 10.5 Å². The monoisotopic (exact) mass is 290 g/mol. The van der Waals surface area contributed by atoms with Crippen LogP contribution in [0.15, 0.2) is 22.0 Å². The van der Waals surface area contributed by atoms with Crippen LogP contribution in [0.2, 0.25) is 5.02 Å². The first kappa shape index (κ1) is 10.5. The second kappa shape index (κ2) is 3.83. The Morgan fingerprint density at radius 2 is 2.14 bits per heavy atom. The number of rotatable bonds is 1. The van der Waals surface area contributed by atoms with Crippen molar-refractivity contribution in [3.8, 4) is 0 Å². The lowest BCUT2D eigenvalue weighted by Crippen LogP contribution is -2.30. The van der Waals surface area contributed by atoms with Crippen molar-refractivity contribution in [3.05, 3.63) is 27.0 Å². The number of benzene rings is 1. The number of hydrogen-bond donors (Lipinski definition) is 2. The molecule has 2 N–H and O–H groups in total. The molecule has 0 aliphatic rings. The fourth-order valence-electron chi connectivity index (χ4n) is 1.31. The number of thiophene rings is 1. The Bertz CT molecular complexity index is 485. The lowest BCUT2D eigenvalue weighted by Gasteiger charge is -2.05. The van der Waals surface area contributed by atoms with Crippen LogP contribution in [0.4, 0.5) is 0 Å². The van der Waals surface area contributed by atoms with Crippen molar-refractivity contribution in [2.75, 3.05) is 0 Å². The van der Waals surface area contributed by atoms with E-state index in [1.54, 1.807) is 6.07 Å². The minimum absolute atomic E-state index is 0.439. The van der Waals surface area contributed by atoms with Gasteiger partial charge in [-0.1, -0.05) is 11.6 Å². The van der Waals surface area contributed by atoms with Crippen LogP contribution in [-0.4, -0.2) is 17.2 Å². The minimum atomic E-state index is -1.49.